The number of hydrogen-bond acceptors (Lipinski definition) is 5. The summed E-state index contributed by atoms with van der Waals surface area (Å²) in [5.74, 6) is 0. The first-order chi connectivity index (χ1) is 13.2. The van der Waals surface area contributed by atoms with Gasteiger partial charge in [-0.15, -0.1) is 0 Å². The van der Waals surface area contributed by atoms with Crippen LogP contribution in [-0.2, 0) is 16.6 Å². The molecule has 2 aromatic carbocycles. The van der Waals surface area contributed by atoms with Gasteiger partial charge in [-0.05, 0) is 38.0 Å². The zero-order valence-electron chi connectivity index (χ0n) is 15.7. The zero-order valence-corrected chi connectivity index (χ0v) is 16.5. The van der Waals surface area contributed by atoms with Crippen LogP contribution in [-0.4, -0.2) is 23.1 Å². The first-order valence-electron chi connectivity index (χ1n) is 8.55. The fourth-order valence-electron chi connectivity index (χ4n) is 2.90. The van der Waals surface area contributed by atoms with Crippen LogP contribution in [0.1, 0.15) is 22.5 Å². The van der Waals surface area contributed by atoms with E-state index < -0.39 is 14.9 Å². The molecule has 0 atom stereocenters. The van der Waals surface area contributed by atoms with E-state index in [-0.39, 0.29) is 10.6 Å². The number of rotatable bonds is 6. The Morgan fingerprint density at radius 1 is 1.11 bits per heavy atom. The first-order valence-corrected chi connectivity index (χ1v) is 10.0. The number of benzene rings is 2. The van der Waals surface area contributed by atoms with Gasteiger partial charge in [-0.1, -0.05) is 30.3 Å². The van der Waals surface area contributed by atoms with Gasteiger partial charge in [-0.25, -0.2) is 8.42 Å². The topological polar surface area (TPSA) is 107 Å². The number of hydrogen-bond donors (Lipinski definition) is 1. The number of aromatic nitrogens is 2. The molecule has 0 saturated carbocycles. The van der Waals surface area contributed by atoms with Crippen molar-refractivity contribution in [2.24, 2.45) is 0 Å². The van der Waals surface area contributed by atoms with Gasteiger partial charge in [-0.2, -0.15) is 5.10 Å². The summed E-state index contributed by atoms with van der Waals surface area (Å²) >= 11 is 0. The fraction of sp³-hybridized carbons (Fsp3) is 0.211. The molecule has 0 bridgehead atoms. The molecule has 0 aliphatic heterocycles. The molecule has 3 aromatic rings. The lowest BCUT2D eigenvalue weighted by molar-refractivity contribution is -0.385. The van der Waals surface area contributed by atoms with Crippen LogP contribution in [0.5, 0.6) is 0 Å². The smallest absolute Gasteiger partial charge is 0.270 e. The third kappa shape index (κ3) is 3.89. The van der Waals surface area contributed by atoms with Crippen LogP contribution in [0.2, 0.25) is 0 Å². The molecule has 1 N–H and O–H groups in total. The van der Waals surface area contributed by atoms with E-state index >= 15 is 0 Å². The van der Waals surface area contributed by atoms with Gasteiger partial charge < -0.3 is 0 Å². The van der Waals surface area contributed by atoms with E-state index in [2.05, 4.69) is 9.82 Å². The van der Waals surface area contributed by atoms with Crippen LogP contribution in [0.25, 0.3) is 0 Å². The molecule has 28 heavy (non-hydrogen) atoms. The summed E-state index contributed by atoms with van der Waals surface area (Å²) in [6.45, 7) is 6.01. The van der Waals surface area contributed by atoms with E-state index in [0.29, 0.717) is 23.6 Å². The predicted molar refractivity (Wildman–Crippen MR) is 106 cm³/mol. The molecular weight excluding hydrogens is 380 g/mol. The summed E-state index contributed by atoms with van der Waals surface area (Å²) in [5, 5.41) is 15.4. The lowest BCUT2D eigenvalue weighted by atomic mass is 10.1. The van der Waals surface area contributed by atoms with Crippen molar-refractivity contribution in [3.05, 3.63) is 81.2 Å². The minimum Gasteiger partial charge on any atom is -0.276 e. The normalized spacial score (nSPS) is 11.4. The Balaban J connectivity index is 1.92. The van der Waals surface area contributed by atoms with Crippen molar-refractivity contribution in [1.29, 1.82) is 0 Å². The Hall–Kier alpha value is -3.20. The highest BCUT2D eigenvalue weighted by Gasteiger charge is 2.22. The quantitative estimate of drug-likeness (QED) is 0.503. The van der Waals surface area contributed by atoms with Gasteiger partial charge in [0.2, 0.25) is 0 Å². The van der Waals surface area contributed by atoms with Gasteiger partial charge in [-0.3, -0.25) is 19.5 Å². The van der Waals surface area contributed by atoms with E-state index in [0.717, 1.165) is 17.2 Å². The first kappa shape index (κ1) is 19.6. The van der Waals surface area contributed by atoms with Gasteiger partial charge in [0.15, 0.2) is 0 Å². The van der Waals surface area contributed by atoms with Crippen molar-refractivity contribution >= 4 is 21.4 Å². The second kappa shape index (κ2) is 7.43. The van der Waals surface area contributed by atoms with Crippen molar-refractivity contribution in [3.8, 4) is 0 Å². The third-order valence-corrected chi connectivity index (χ3v) is 5.89. The Bertz CT molecular complexity index is 1150. The summed E-state index contributed by atoms with van der Waals surface area (Å²) < 4.78 is 29.7. The SMILES string of the molecule is Cc1ccccc1Cn1nc(C)c(NS(=O)(=O)c2cccc([N+](=O)[O-])c2)c1C. The highest BCUT2D eigenvalue weighted by Crippen LogP contribution is 2.25. The number of non-ortho nitro benzene ring substituents is 1. The number of nitro benzene ring substituents is 1. The molecule has 0 radical (unpaired) electrons. The van der Waals surface area contributed by atoms with E-state index in [4.69, 9.17) is 0 Å². The standard InChI is InChI=1S/C19H20N4O4S/c1-13-7-4-5-8-16(13)12-22-15(3)19(14(2)20-22)21-28(26,27)18-10-6-9-17(11-18)23(24)25/h4-11,21H,12H2,1-3H3. The second-order valence-corrected chi connectivity index (χ2v) is 8.17. The van der Waals surface area contributed by atoms with Gasteiger partial charge >= 0.3 is 0 Å². The molecule has 0 aliphatic carbocycles. The fourth-order valence-corrected chi connectivity index (χ4v) is 4.12. The Labute approximate surface area is 163 Å². The number of aryl methyl sites for hydroxylation is 2. The van der Waals surface area contributed by atoms with Gasteiger partial charge in [0.05, 0.1) is 33.4 Å². The maximum atomic E-state index is 12.7. The zero-order chi connectivity index (χ0) is 20.5. The molecule has 8 nitrogen and oxygen atoms in total. The van der Waals surface area contributed by atoms with Gasteiger partial charge in [0.1, 0.15) is 0 Å². The van der Waals surface area contributed by atoms with Crippen LogP contribution in [0.15, 0.2) is 53.4 Å². The summed E-state index contributed by atoms with van der Waals surface area (Å²) in [6, 6.07) is 12.8. The monoisotopic (exact) mass is 400 g/mol. The summed E-state index contributed by atoms with van der Waals surface area (Å²) in [6.07, 6.45) is 0. The van der Waals surface area contributed by atoms with Crippen molar-refractivity contribution in [2.75, 3.05) is 4.72 Å². The van der Waals surface area contributed by atoms with Gasteiger partial charge in [0, 0.05) is 12.1 Å². The molecule has 0 amide bonds. The Morgan fingerprint density at radius 3 is 2.50 bits per heavy atom. The largest absolute Gasteiger partial charge is 0.276 e. The summed E-state index contributed by atoms with van der Waals surface area (Å²) in [5.41, 5.74) is 3.48. The minimum atomic E-state index is -3.99. The third-order valence-electron chi connectivity index (χ3n) is 4.54. The number of nitrogens with zero attached hydrogens (tertiary/aromatic N) is 3. The van der Waals surface area contributed by atoms with Gasteiger partial charge in [0.25, 0.3) is 15.7 Å². The van der Waals surface area contributed by atoms with E-state index in [1.807, 2.05) is 31.2 Å². The van der Waals surface area contributed by atoms with E-state index in [9.17, 15) is 18.5 Å². The molecule has 1 aromatic heterocycles. The summed E-state index contributed by atoms with van der Waals surface area (Å²) in [7, 11) is -3.99. The van der Waals surface area contributed by atoms with Crippen LogP contribution < -0.4 is 4.72 Å². The van der Waals surface area contributed by atoms with E-state index in [1.54, 1.807) is 18.5 Å². The lowest BCUT2D eigenvalue weighted by Crippen LogP contribution is -2.14. The van der Waals surface area contributed by atoms with Crippen molar-refractivity contribution in [2.45, 2.75) is 32.2 Å². The highest BCUT2D eigenvalue weighted by atomic mass is 32.2. The molecule has 0 saturated heterocycles. The number of nitro groups is 1. The number of nitrogens with one attached hydrogen (secondary N) is 1. The highest BCUT2D eigenvalue weighted by molar-refractivity contribution is 7.92. The Kier molecular flexibility index (Phi) is 5.19. The molecule has 0 aliphatic rings. The van der Waals surface area contributed by atoms with Crippen molar-refractivity contribution < 1.29 is 13.3 Å². The number of anilines is 1. The lowest BCUT2D eigenvalue weighted by Gasteiger charge is -2.10. The number of sulfonamides is 1. The summed E-state index contributed by atoms with van der Waals surface area (Å²) in [4.78, 5) is 10.1. The molecule has 3 rings (SSSR count). The average molecular weight is 400 g/mol. The Morgan fingerprint density at radius 2 is 1.82 bits per heavy atom. The predicted octanol–water partition coefficient (Wildman–Crippen LogP) is 3.57. The van der Waals surface area contributed by atoms with E-state index in [1.165, 1.54) is 18.2 Å². The molecule has 146 valence electrons. The average Bonchev–Trinajstić information content (AvgIpc) is 2.91. The maximum Gasteiger partial charge on any atom is 0.270 e. The maximum absolute atomic E-state index is 12.7. The molecule has 0 unspecified atom stereocenters. The van der Waals surface area contributed by atoms with Crippen molar-refractivity contribution in [3.63, 3.8) is 0 Å². The minimum absolute atomic E-state index is 0.174. The van der Waals surface area contributed by atoms with Crippen LogP contribution in [0.3, 0.4) is 0 Å². The molecule has 0 fully saturated rings. The van der Waals surface area contributed by atoms with Crippen LogP contribution in [0.4, 0.5) is 11.4 Å². The molecule has 1 heterocycles. The molecule has 9 heteroatoms. The molecule has 0 spiro atoms. The van der Waals surface area contributed by atoms with Crippen LogP contribution >= 0.6 is 0 Å². The second-order valence-electron chi connectivity index (χ2n) is 6.49. The molecular formula is C19H20N4O4S. The van der Waals surface area contributed by atoms with Crippen LogP contribution in [0, 0.1) is 30.9 Å². The van der Waals surface area contributed by atoms with Crippen molar-refractivity contribution in [1.82, 2.24) is 9.78 Å².